The number of benzene rings is 1. The lowest BCUT2D eigenvalue weighted by molar-refractivity contribution is -0.385. The molecule has 0 heterocycles. The number of nitro benzene ring substituents is 1. The summed E-state index contributed by atoms with van der Waals surface area (Å²) in [7, 11) is 0. The molecule has 18 heavy (non-hydrogen) atoms. The molecule has 6 nitrogen and oxygen atoms in total. The molecule has 1 saturated carbocycles. The molecular weight excluding hydrogens is 238 g/mol. The Balaban J connectivity index is 2.25. The summed E-state index contributed by atoms with van der Waals surface area (Å²) in [5.41, 5.74) is 0.293. The zero-order chi connectivity index (χ0) is 13.3. The highest BCUT2D eigenvalue weighted by Crippen LogP contribution is 2.36. The van der Waals surface area contributed by atoms with Crippen LogP contribution in [0.1, 0.15) is 18.4 Å². The topological polar surface area (TPSA) is 89.7 Å². The van der Waals surface area contributed by atoms with Crippen LogP contribution in [0.25, 0.3) is 0 Å². The maximum absolute atomic E-state index is 11.1. The zero-order valence-corrected chi connectivity index (χ0v) is 9.83. The van der Waals surface area contributed by atoms with E-state index in [2.05, 4.69) is 0 Å². The average molecular weight is 251 g/mol. The zero-order valence-electron chi connectivity index (χ0n) is 9.83. The summed E-state index contributed by atoms with van der Waals surface area (Å²) in [6, 6.07) is 4.42. The number of carboxylic acids is 1. The van der Waals surface area contributed by atoms with Gasteiger partial charge in [-0.3, -0.25) is 10.1 Å². The SMILES string of the molecule is Cc1c(OC(C(=O)O)C2CC2)cccc1[N+](=O)[O-]. The summed E-state index contributed by atoms with van der Waals surface area (Å²) in [5, 5.41) is 19.8. The van der Waals surface area contributed by atoms with Gasteiger partial charge in [-0.25, -0.2) is 4.79 Å². The summed E-state index contributed by atoms with van der Waals surface area (Å²) < 4.78 is 5.42. The van der Waals surface area contributed by atoms with Crippen LogP contribution in [0, 0.1) is 23.0 Å². The fourth-order valence-corrected chi connectivity index (χ4v) is 1.81. The lowest BCUT2D eigenvalue weighted by atomic mass is 10.1. The lowest BCUT2D eigenvalue weighted by Crippen LogP contribution is -2.29. The first-order valence-corrected chi connectivity index (χ1v) is 5.64. The van der Waals surface area contributed by atoms with Crippen molar-refractivity contribution in [1.29, 1.82) is 0 Å². The van der Waals surface area contributed by atoms with Crippen LogP contribution in [0.5, 0.6) is 5.75 Å². The molecule has 0 aliphatic heterocycles. The van der Waals surface area contributed by atoms with Crippen LogP contribution in [-0.4, -0.2) is 22.1 Å². The molecule has 1 atom stereocenters. The highest BCUT2D eigenvalue weighted by atomic mass is 16.6. The van der Waals surface area contributed by atoms with E-state index in [9.17, 15) is 14.9 Å². The molecule has 1 N–H and O–H groups in total. The van der Waals surface area contributed by atoms with Gasteiger partial charge in [0, 0.05) is 12.0 Å². The minimum Gasteiger partial charge on any atom is -0.478 e. The van der Waals surface area contributed by atoms with E-state index in [1.807, 2.05) is 0 Å². The van der Waals surface area contributed by atoms with Gasteiger partial charge in [-0.15, -0.1) is 0 Å². The number of nitrogens with zero attached hydrogens (tertiary/aromatic N) is 1. The third-order valence-electron chi connectivity index (χ3n) is 3.00. The minimum absolute atomic E-state index is 0.0150. The molecular formula is C12H13NO5. The molecule has 1 aliphatic carbocycles. The van der Waals surface area contributed by atoms with Gasteiger partial charge in [0.25, 0.3) is 5.69 Å². The van der Waals surface area contributed by atoms with E-state index in [1.165, 1.54) is 12.1 Å². The van der Waals surface area contributed by atoms with Crippen molar-refractivity contribution in [3.05, 3.63) is 33.9 Å². The number of ether oxygens (including phenoxy) is 1. The van der Waals surface area contributed by atoms with Crippen molar-refractivity contribution < 1.29 is 19.6 Å². The molecule has 1 fully saturated rings. The van der Waals surface area contributed by atoms with Gasteiger partial charge in [-0.1, -0.05) is 6.07 Å². The third-order valence-corrected chi connectivity index (χ3v) is 3.00. The second kappa shape index (κ2) is 4.64. The highest BCUT2D eigenvalue weighted by molar-refractivity contribution is 5.73. The molecule has 0 radical (unpaired) electrons. The number of carboxylic acid groups (broad SMARTS) is 1. The Kier molecular flexibility index (Phi) is 3.18. The second-order valence-electron chi connectivity index (χ2n) is 4.37. The Labute approximate surface area is 103 Å². The smallest absolute Gasteiger partial charge is 0.345 e. The minimum atomic E-state index is -1.02. The summed E-state index contributed by atoms with van der Waals surface area (Å²) >= 11 is 0. The lowest BCUT2D eigenvalue weighted by Gasteiger charge is -2.15. The van der Waals surface area contributed by atoms with E-state index in [-0.39, 0.29) is 17.4 Å². The fraction of sp³-hybridized carbons (Fsp3) is 0.417. The van der Waals surface area contributed by atoms with E-state index >= 15 is 0 Å². The number of hydrogen-bond acceptors (Lipinski definition) is 4. The Morgan fingerprint density at radius 3 is 2.72 bits per heavy atom. The van der Waals surface area contributed by atoms with Gasteiger partial charge in [0.2, 0.25) is 0 Å². The molecule has 96 valence electrons. The van der Waals surface area contributed by atoms with Crippen molar-refractivity contribution >= 4 is 11.7 Å². The highest BCUT2D eigenvalue weighted by Gasteiger charge is 2.38. The molecule has 1 aliphatic rings. The van der Waals surface area contributed by atoms with Crippen molar-refractivity contribution in [2.75, 3.05) is 0 Å². The number of hydrogen-bond donors (Lipinski definition) is 1. The number of aliphatic carboxylic acids is 1. The first-order valence-electron chi connectivity index (χ1n) is 5.64. The normalized spacial score (nSPS) is 16.1. The van der Waals surface area contributed by atoms with Crippen LogP contribution in [-0.2, 0) is 4.79 Å². The molecule has 1 unspecified atom stereocenters. The quantitative estimate of drug-likeness (QED) is 0.639. The number of carbonyl (C=O) groups is 1. The Hall–Kier alpha value is -2.11. The molecule has 2 rings (SSSR count). The van der Waals surface area contributed by atoms with Gasteiger partial charge >= 0.3 is 5.97 Å². The predicted molar refractivity (Wildman–Crippen MR) is 62.6 cm³/mol. The van der Waals surface area contributed by atoms with Gasteiger partial charge in [0.05, 0.1) is 10.5 Å². The summed E-state index contributed by atoms with van der Waals surface area (Å²) in [4.78, 5) is 21.3. The summed E-state index contributed by atoms with van der Waals surface area (Å²) in [5.74, 6) is -0.743. The maximum atomic E-state index is 11.1. The molecule has 0 spiro atoms. The molecule has 0 saturated heterocycles. The molecule has 0 bridgehead atoms. The van der Waals surface area contributed by atoms with Crippen molar-refractivity contribution in [2.45, 2.75) is 25.9 Å². The predicted octanol–water partition coefficient (Wildman–Crippen LogP) is 2.15. The Bertz CT molecular complexity index is 495. The van der Waals surface area contributed by atoms with Crippen LogP contribution in [0.2, 0.25) is 0 Å². The molecule has 0 aromatic heterocycles. The van der Waals surface area contributed by atoms with Gasteiger partial charge in [-0.2, -0.15) is 0 Å². The molecule has 1 aromatic rings. The van der Waals surface area contributed by atoms with Gasteiger partial charge in [-0.05, 0) is 25.8 Å². The third kappa shape index (κ3) is 2.42. The molecule has 0 amide bonds. The van der Waals surface area contributed by atoms with Crippen molar-refractivity contribution in [3.63, 3.8) is 0 Å². The standard InChI is InChI=1S/C12H13NO5/c1-7-9(13(16)17)3-2-4-10(7)18-11(12(14)15)8-5-6-8/h2-4,8,11H,5-6H2,1H3,(H,14,15). The van der Waals surface area contributed by atoms with Crippen molar-refractivity contribution in [1.82, 2.24) is 0 Å². The summed E-state index contributed by atoms with van der Waals surface area (Å²) in [6.07, 6.45) is 0.737. The maximum Gasteiger partial charge on any atom is 0.345 e. The van der Waals surface area contributed by atoms with Gasteiger partial charge in [0.1, 0.15) is 5.75 Å². The van der Waals surface area contributed by atoms with Crippen molar-refractivity contribution in [3.8, 4) is 5.75 Å². The van der Waals surface area contributed by atoms with Crippen LogP contribution in [0.15, 0.2) is 18.2 Å². The second-order valence-corrected chi connectivity index (χ2v) is 4.37. The first-order chi connectivity index (χ1) is 8.50. The van der Waals surface area contributed by atoms with E-state index < -0.39 is 17.0 Å². The molecule has 1 aromatic carbocycles. The number of nitro groups is 1. The van der Waals surface area contributed by atoms with E-state index in [0.717, 1.165) is 12.8 Å². The monoisotopic (exact) mass is 251 g/mol. The largest absolute Gasteiger partial charge is 0.478 e. The van der Waals surface area contributed by atoms with E-state index in [4.69, 9.17) is 9.84 Å². The Morgan fingerprint density at radius 1 is 1.56 bits per heavy atom. The van der Waals surface area contributed by atoms with Crippen molar-refractivity contribution in [2.24, 2.45) is 5.92 Å². The first kappa shape index (κ1) is 12.3. The van der Waals surface area contributed by atoms with Crippen LogP contribution in [0.3, 0.4) is 0 Å². The fourth-order valence-electron chi connectivity index (χ4n) is 1.81. The Morgan fingerprint density at radius 2 is 2.22 bits per heavy atom. The van der Waals surface area contributed by atoms with Gasteiger partial charge < -0.3 is 9.84 Å². The van der Waals surface area contributed by atoms with Crippen LogP contribution >= 0.6 is 0 Å². The van der Waals surface area contributed by atoms with E-state index in [1.54, 1.807) is 13.0 Å². The average Bonchev–Trinajstić information content (AvgIpc) is 3.10. The summed E-state index contributed by atoms with van der Waals surface area (Å²) in [6.45, 7) is 1.55. The molecule has 6 heteroatoms. The van der Waals surface area contributed by atoms with Crippen LogP contribution in [0.4, 0.5) is 5.69 Å². The van der Waals surface area contributed by atoms with E-state index in [0.29, 0.717) is 5.56 Å². The van der Waals surface area contributed by atoms with Gasteiger partial charge in [0.15, 0.2) is 6.10 Å². The number of rotatable bonds is 5. The van der Waals surface area contributed by atoms with Crippen LogP contribution < -0.4 is 4.74 Å².